The standard InChI is InChI=1S/C30H32N2O3/c1-19(33)32(22-12-8-7-9-13-22)23-14-10-11-20(15-23)27-26-21(17-29(2,3)31-27)16-25(34-6)28-24(26)18-30(4,5)35-28/h7-16H,17-18H2,1-6H3. The van der Waals surface area contributed by atoms with E-state index in [9.17, 15) is 4.79 Å². The molecule has 3 aromatic rings. The predicted molar refractivity (Wildman–Crippen MR) is 141 cm³/mol. The summed E-state index contributed by atoms with van der Waals surface area (Å²) in [6.07, 6.45) is 1.60. The van der Waals surface area contributed by atoms with Crippen molar-refractivity contribution in [1.29, 1.82) is 0 Å². The number of anilines is 2. The third-order valence-electron chi connectivity index (χ3n) is 6.61. The highest BCUT2D eigenvalue weighted by molar-refractivity contribution is 6.17. The lowest BCUT2D eigenvalue weighted by Crippen LogP contribution is -2.31. The Hall–Kier alpha value is -3.60. The Bertz CT molecular complexity index is 1340. The Morgan fingerprint density at radius 3 is 2.37 bits per heavy atom. The largest absolute Gasteiger partial charge is 0.493 e. The van der Waals surface area contributed by atoms with Gasteiger partial charge in [-0.1, -0.05) is 30.3 Å². The number of carbonyl (C=O) groups is 1. The molecule has 0 radical (unpaired) electrons. The minimum Gasteiger partial charge on any atom is -0.493 e. The van der Waals surface area contributed by atoms with Crippen LogP contribution in [0.2, 0.25) is 0 Å². The van der Waals surface area contributed by atoms with Crippen LogP contribution in [0.1, 0.15) is 56.9 Å². The zero-order valence-corrected chi connectivity index (χ0v) is 21.3. The molecule has 0 spiro atoms. The average Bonchev–Trinajstić information content (AvgIpc) is 3.13. The van der Waals surface area contributed by atoms with E-state index in [1.54, 1.807) is 18.9 Å². The number of nitrogens with zero attached hydrogens (tertiary/aromatic N) is 2. The van der Waals surface area contributed by atoms with Gasteiger partial charge in [0, 0.05) is 41.4 Å². The smallest absolute Gasteiger partial charge is 0.228 e. The summed E-state index contributed by atoms with van der Waals surface area (Å²) in [5.41, 5.74) is 6.49. The van der Waals surface area contributed by atoms with Crippen LogP contribution >= 0.6 is 0 Å². The van der Waals surface area contributed by atoms with E-state index < -0.39 is 0 Å². The van der Waals surface area contributed by atoms with Crippen molar-refractivity contribution in [2.24, 2.45) is 4.99 Å². The van der Waals surface area contributed by atoms with Crippen molar-refractivity contribution in [1.82, 2.24) is 0 Å². The lowest BCUT2D eigenvalue weighted by Gasteiger charge is -2.31. The number of hydrogen-bond acceptors (Lipinski definition) is 4. The summed E-state index contributed by atoms with van der Waals surface area (Å²) in [6, 6.07) is 20.0. The van der Waals surface area contributed by atoms with Crippen molar-refractivity contribution < 1.29 is 14.3 Å². The fraction of sp³-hybridized carbons (Fsp3) is 0.333. The van der Waals surface area contributed by atoms with Crippen LogP contribution in [0.5, 0.6) is 11.5 Å². The van der Waals surface area contributed by atoms with E-state index >= 15 is 0 Å². The molecule has 0 saturated carbocycles. The van der Waals surface area contributed by atoms with Crippen molar-refractivity contribution >= 4 is 23.0 Å². The maximum atomic E-state index is 12.7. The summed E-state index contributed by atoms with van der Waals surface area (Å²) in [6.45, 7) is 10.1. The summed E-state index contributed by atoms with van der Waals surface area (Å²) in [4.78, 5) is 19.7. The van der Waals surface area contributed by atoms with Gasteiger partial charge in [0.1, 0.15) is 5.60 Å². The highest BCUT2D eigenvalue weighted by Crippen LogP contribution is 2.48. The molecule has 5 nitrogen and oxygen atoms in total. The second-order valence-electron chi connectivity index (χ2n) is 10.6. The molecule has 0 unspecified atom stereocenters. The average molecular weight is 469 g/mol. The van der Waals surface area contributed by atoms with Crippen LogP contribution in [-0.2, 0) is 17.6 Å². The Morgan fingerprint density at radius 1 is 0.971 bits per heavy atom. The maximum absolute atomic E-state index is 12.7. The van der Waals surface area contributed by atoms with Crippen molar-refractivity contribution in [3.8, 4) is 11.5 Å². The van der Waals surface area contributed by atoms with Gasteiger partial charge in [-0.15, -0.1) is 0 Å². The van der Waals surface area contributed by atoms with E-state index in [4.69, 9.17) is 14.5 Å². The number of methoxy groups -OCH3 is 1. The molecule has 2 heterocycles. The minimum absolute atomic E-state index is 0.0413. The minimum atomic E-state index is -0.316. The maximum Gasteiger partial charge on any atom is 0.228 e. The van der Waals surface area contributed by atoms with Crippen LogP contribution < -0.4 is 14.4 Å². The van der Waals surface area contributed by atoms with Gasteiger partial charge in [-0.05, 0) is 70.0 Å². The number of carbonyl (C=O) groups excluding carboxylic acids is 1. The van der Waals surface area contributed by atoms with Crippen LogP contribution in [0, 0.1) is 0 Å². The monoisotopic (exact) mass is 468 g/mol. The summed E-state index contributed by atoms with van der Waals surface area (Å²) in [5, 5.41) is 0. The number of ether oxygens (including phenoxy) is 2. The van der Waals surface area contributed by atoms with Gasteiger partial charge >= 0.3 is 0 Å². The Kier molecular flexibility index (Phi) is 5.47. The predicted octanol–water partition coefficient (Wildman–Crippen LogP) is 6.27. The first-order valence-electron chi connectivity index (χ1n) is 12.1. The second-order valence-corrected chi connectivity index (χ2v) is 10.6. The molecule has 0 N–H and O–H groups in total. The molecule has 0 fully saturated rings. The second kappa shape index (κ2) is 8.26. The quantitative estimate of drug-likeness (QED) is 0.454. The highest BCUT2D eigenvalue weighted by atomic mass is 16.5. The molecule has 1 amide bonds. The first-order valence-corrected chi connectivity index (χ1v) is 12.1. The molecule has 2 aliphatic rings. The molecule has 5 heteroatoms. The topological polar surface area (TPSA) is 51.1 Å². The number of rotatable bonds is 4. The molecule has 180 valence electrons. The van der Waals surface area contributed by atoms with Crippen molar-refractivity contribution in [3.63, 3.8) is 0 Å². The van der Waals surface area contributed by atoms with Gasteiger partial charge in [-0.3, -0.25) is 14.7 Å². The zero-order chi connectivity index (χ0) is 25.0. The number of amides is 1. The SMILES string of the molecule is COc1cc2c(c3c1OC(C)(C)C3)C(c1cccc(N(C(C)=O)c3ccccc3)c1)=NC(C)(C)C2. The number of para-hydroxylation sites is 1. The Morgan fingerprint density at radius 2 is 1.69 bits per heavy atom. The van der Waals surface area contributed by atoms with Gasteiger partial charge in [0.25, 0.3) is 0 Å². The zero-order valence-electron chi connectivity index (χ0n) is 21.3. The van der Waals surface area contributed by atoms with E-state index in [-0.39, 0.29) is 17.0 Å². The molecular formula is C30H32N2O3. The van der Waals surface area contributed by atoms with Crippen molar-refractivity contribution in [3.05, 3.63) is 82.9 Å². The molecule has 3 aromatic carbocycles. The van der Waals surface area contributed by atoms with Crippen LogP contribution in [0.25, 0.3) is 0 Å². The summed E-state index contributed by atoms with van der Waals surface area (Å²) in [7, 11) is 1.70. The van der Waals surface area contributed by atoms with Gasteiger partial charge in [-0.25, -0.2) is 0 Å². The third kappa shape index (κ3) is 4.20. The molecule has 0 aliphatic carbocycles. The van der Waals surface area contributed by atoms with Gasteiger partial charge in [-0.2, -0.15) is 0 Å². The molecule has 5 rings (SSSR count). The van der Waals surface area contributed by atoms with E-state index in [1.807, 2.05) is 42.5 Å². The molecule has 35 heavy (non-hydrogen) atoms. The molecule has 0 atom stereocenters. The van der Waals surface area contributed by atoms with Crippen molar-refractivity contribution in [2.45, 2.75) is 58.6 Å². The summed E-state index contributed by atoms with van der Waals surface area (Å²) >= 11 is 0. The Labute approximate surface area is 207 Å². The molecule has 0 saturated heterocycles. The van der Waals surface area contributed by atoms with Gasteiger partial charge in [0.05, 0.1) is 18.4 Å². The fourth-order valence-corrected chi connectivity index (χ4v) is 5.31. The molecule has 0 bridgehead atoms. The Balaban J connectivity index is 1.69. The van der Waals surface area contributed by atoms with Gasteiger partial charge in [0.2, 0.25) is 5.91 Å². The van der Waals surface area contributed by atoms with E-state index in [0.717, 1.165) is 58.1 Å². The van der Waals surface area contributed by atoms with Gasteiger partial charge in [0.15, 0.2) is 11.5 Å². The highest BCUT2D eigenvalue weighted by Gasteiger charge is 2.39. The third-order valence-corrected chi connectivity index (χ3v) is 6.61. The molecule has 0 aromatic heterocycles. The number of fused-ring (bicyclic) bond motifs is 3. The van der Waals surface area contributed by atoms with E-state index in [0.29, 0.717) is 0 Å². The van der Waals surface area contributed by atoms with Crippen molar-refractivity contribution in [2.75, 3.05) is 12.0 Å². The van der Waals surface area contributed by atoms with E-state index in [2.05, 4.69) is 45.9 Å². The van der Waals surface area contributed by atoms with Crippen LogP contribution in [0.4, 0.5) is 11.4 Å². The van der Waals surface area contributed by atoms with Crippen LogP contribution in [0.15, 0.2) is 65.7 Å². The van der Waals surface area contributed by atoms with E-state index in [1.165, 1.54) is 5.56 Å². The van der Waals surface area contributed by atoms with Crippen LogP contribution in [0.3, 0.4) is 0 Å². The lowest BCUT2D eigenvalue weighted by molar-refractivity contribution is -0.115. The molecule has 2 aliphatic heterocycles. The first kappa shape index (κ1) is 23.2. The first-order chi connectivity index (χ1) is 16.6. The summed E-state index contributed by atoms with van der Waals surface area (Å²) in [5.74, 6) is 1.55. The number of aliphatic imine (C=N–C) groups is 1. The lowest BCUT2D eigenvalue weighted by atomic mass is 9.81. The van der Waals surface area contributed by atoms with Crippen LogP contribution in [-0.4, -0.2) is 29.9 Å². The number of hydrogen-bond donors (Lipinski definition) is 0. The normalized spacial score (nSPS) is 17.0. The summed E-state index contributed by atoms with van der Waals surface area (Å²) < 4.78 is 12.1. The number of benzene rings is 3. The van der Waals surface area contributed by atoms with Gasteiger partial charge < -0.3 is 9.47 Å². The molecular weight excluding hydrogens is 436 g/mol. The fourth-order valence-electron chi connectivity index (χ4n) is 5.31.